The minimum atomic E-state index is -0.488. The molecule has 0 atom stereocenters. The highest BCUT2D eigenvalue weighted by Crippen LogP contribution is 2.15. The van der Waals surface area contributed by atoms with Crippen LogP contribution in [0.5, 0.6) is 0 Å². The molecular formula is C15H13BrN4O3. The Kier molecular flexibility index (Phi) is 5.81. The number of hydrazone groups is 1. The van der Waals surface area contributed by atoms with Gasteiger partial charge in [-0.1, -0.05) is 34.1 Å². The Morgan fingerprint density at radius 1 is 1.26 bits per heavy atom. The Morgan fingerprint density at radius 2 is 2.04 bits per heavy atom. The molecular weight excluding hydrogens is 364 g/mol. The molecule has 0 saturated carbocycles. The highest BCUT2D eigenvalue weighted by atomic mass is 79.9. The number of anilines is 1. The molecule has 2 rings (SSSR count). The van der Waals surface area contributed by atoms with Crippen molar-refractivity contribution in [2.45, 2.75) is 0 Å². The van der Waals surface area contributed by atoms with Crippen molar-refractivity contribution in [3.8, 4) is 0 Å². The number of halogens is 1. The molecule has 2 N–H and O–H groups in total. The second-order valence-corrected chi connectivity index (χ2v) is 5.42. The summed E-state index contributed by atoms with van der Waals surface area (Å²) in [4.78, 5) is 21.8. The number of carbonyl (C=O) groups excluding carboxylic acids is 1. The molecule has 0 aliphatic heterocycles. The number of carbonyl (C=O) groups is 1. The molecule has 2 aromatic rings. The van der Waals surface area contributed by atoms with E-state index in [2.05, 4.69) is 31.8 Å². The number of nitrogens with one attached hydrogen (secondary N) is 2. The van der Waals surface area contributed by atoms with Crippen LogP contribution in [-0.4, -0.2) is 23.6 Å². The summed E-state index contributed by atoms with van der Waals surface area (Å²) in [5, 5.41) is 17.4. The topological polar surface area (TPSA) is 96.6 Å². The lowest BCUT2D eigenvalue weighted by Crippen LogP contribution is -2.25. The van der Waals surface area contributed by atoms with Gasteiger partial charge in [-0.15, -0.1) is 0 Å². The third-order valence-electron chi connectivity index (χ3n) is 2.76. The molecule has 0 bridgehead atoms. The summed E-state index contributed by atoms with van der Waals surface area (Å²) in [6.45, 7) is 0.0583. The first kappa shape index (κ1) is 16.6. The second-order valence-electron chi connectivity index (χ2n) is 4.51. The van der Waals surface area contributed by atoms with Gasteiger partial charge >= 0.3 is 0 Å². The fourth-order valence-electron chi connectivity index (χ4n) is 1.72. The smallest absolute Gasteiger partial charge is 0.270 e. The van der Waals surface area contributed by atoms with E-state index in [1.165, 1.54) is 18.3 Å². The van der Waals surface area contributed by atoms with E-state index >= 15 is 0 Å². The largest absolute Gasteiger partial charge is 0.376 e. The standard InChI is InChI=1S/C15H13BrN4O3/c16-12-4-2-5-13(8-12)17-10-15(21)19-18-9-11-3-1-6-14(7-11)20(22)23/h1-9,17H,10H2,(H,19,21)/b18-9-. The Morgan fingerprint density at radius 3 is 2.78 bits per heavy atom. The van der Waals surface area contributed by atoms with Crippen molar-refractivity contribution in [3.63, 3.8) is 0 Å². The second kappa shape index (κ2) is 8.04. The van der Waals surface area contributed by atoms with Gasteiger partial charge in [-0.3, -0.25) is 14.9 Å². The Balaban J connectivity index is 1.84. The van der Waals surface area contributed by atoms with Gasteiger partial charge in [0.15, 0.2) is 0 Å². The number of nitrogens with zero attached hydrogens (tertiary/aromatic N) is 2. The van der Waals surface area contributed by atoms with E-state index in [1.54, 1.807) is 12.1 Å². The Bertz CT molecular complexity index is 749. The molecule has 0 aliphatic rings. The van der Waals surface area contributed by atoms with Crippen molar-refractivity contribution >= 4 is 39.4 Å². The van der Waals surface area contributed by atoms with Crippen LogP contribution in [0, 0.1) is 10.1 Å². The molecule has 7 nitrogen and oxygen atoms in total. The summed E-state index contributed by atoms with van der Waals surface area (Å²) in [5.74, 6) is -0.327. The predicted molar refractivity (Wildman–Crippen MR) is 91.5 cm³/mol. The van der Waals surface area contributed by atoms with E-state index in [1.807, 2.05) is 24.3 Å². The molecule has 0 aliphatic carbocycles. The maximum atomic E-state index is 11.7. The van der Waals surface area contributed by atoms with Gasteiger partial charge in [-0.05, 0) is 18.2 Å². The molecule has 0 radical (unpaired) electrons. The van der Waals surface area contributed by atoms with Gasteiger partial charge in [0.2, 0.25) is 0 Å². The average molecular weight is 377 g/mol. The lowest BCUT2D eigenvalue weighted by Gasteiger charge is -2.05. The van der Waals surface area contributed by atoms with Crippen LogP contribution in [0.4, 0.5) is 11.4 Å². The van der Waals surface area contributed by atoms with Gasteiger partial charge in [0.05, 0.1) is 17.7 Å². The van der Waals surface area contributed by atoms with Crippen molar-refractivity contribution in [2.75, 3.05) is 11.9 Å². The first-order chi connectivity index (χ1) is 11.0. The zero-order valence-electron chi connectivity index (χ0n) is 11.9. The number of hydrogen-bond donors (Lipinski definition) is 2. The summed E-state index contributed by atoms with van der Waals surface area (Å²) >= 11 is 3.34. The Labute approximate surface area is 140 Å². The fraction of sp³-hybridized carbons (Fsp3) is 0.0667. The molecule has 0 heterocycles. The number of nitro benzene ring substituents is 1. The van der Waals surface area contributed by atoms with Crippen LogP contribution in [0.25, 0.3) is 0 Å². The van der Waals surface area contributed by atoms with Crippen LogP contribution in [0.15, 0.2) is 58.1 Å². The summed E-state index contributed by atoms with van der Waals surface area (Å²) < 4.78 is 0.909. The van der Waals surface area contributed by atoms with Crippen molar-refractivity contribution in [3.05, 3.63) is 68.7 Å². The van der Waals surface area contributed by atoms with E-state index in [0.717, 1.165) is 10.2 Å². The number of hydrogen-bond acceptors (Lipinski definition) is 5. The van der Waals surface area contributed by atoms with Crippen molar-refractivity contribution < 1.29 is 9.72 Å². The molecule has 8 heteroatoms. The summed E-state index contributed by atoms with van der Waals surface area (Å²) in [6.07, 6.45) is 1.35. The number of amides is 1. The highest BCUT2D eigenvalue weighted by Gasteiger charge is 2.04. The maximum Gasteiger partial charge on any atom is 0.270 e. The molecule has 0 spiro atoms. The fourth-order valence-corrected chi connectivity index (χ4v) is 2.12. The predicted octanol–water partition coefficient (Wildman–Crippen LogP) is 2.92. The average Bonchev–Trinajstić information content (AvgIpc) is 2.53. The number of benzene rings is 2. The third-order valence-corrected chi connectivity index (χ3v) is 3.25. The minimum Gasteiger partial charge on any atom is -0.376 e. The van der Waals surface area contributed by atoms with E-state index in [-0.39, 0.29) is 18.1 Å². The summed E-state index contributed by atoms with van der Waals surface area (Å²) in [6, 6.07) is 13.4. The van der Waals surface area contributed by atoms with Crippen molar-refractivity contribution in [1.29, 1.82) is 0 Å². The molecule has 1 amide bonds. The molecule has 0 unspecified atom stereocenters. The first-order valence-corrected chi connectivity index (χ1v) is 7.40. The zero-order chi connectivity index (χ0) is 16.7. The normalized spacial score (nSPS) is 10.5. The van der Waals surface area contributed by atoms with Crippen LogP contribution < -0.4 is 10.7 Å². The van der Waals surface area contributed by atoms with Crippen LogP contribution in [-0.2, 0) is 4.79 Å². The van der Waals surface area contributed by atoms with Crippen molar-refractivity contribution in [2.24, 2.45) is 5.10 Å². The minimum absolute atomic E-state index is 0.0309. The molecule has 0 saturated heterocycles. The van der Waals surface area contributed by atoms with Crippen LogP contribution in [0.3, 0.4) is 0 Å². The van der Waals surface area contributed by atoms with Gasteiger partial charge < -0.3 is 5.32 Å². The highest BCUT2D eigenvalue weighted by molar-refractivity contribution is 9.10. The lowest BCUT2D eigenvalue weighted by molar-refractivity contribution is -0.384. The number of rotatable bonds is 6. The van der Waals surface area contributed by atoms with Crippen LogP contribution in [0.1, 0.15) is 5.56 Å². The number of nitro groups is 1. The summed E-state index contributed by atoms with van der Waals surface area (Å²) in [7, 11) is 0. The maximum absolute atomic E-state index is 11.7. The van der Waals surface area contributed by atoms with E-state index in [4.69, 9.17) is 0 Å². The zero-order valence-corrected chi connectivity index (χ0v) is 13.5. The van der Waals surface area contributed by atoms with E-state index in [0.29, 0.717) is 5.56 Å². The van der Waals surface area contributed by atoms with Crippen molar-refractivity contribution in [1.82, 2.24) is 5.43 Å². The van der Waals surface area contributed by atoms with Gasteiger partial charge in [0.1, 0.15) is 0 Å². The van der Waals surface area contributed by atoms with Crippen LogP contribution in [0.2, 0.25) is 0 Å². The van der Waals surface area contributed by atoms with E-state index < -0.39 is 4.92 Å². The SMILES string of the molecule is O=C(CNc1cccc(Br)c1)N/N=C\c1cccc([N+](=O)[O-])c1. The first-order valence-electron chi connectivity index (χ1n) is 6.60. The molecule has 0 aromatic heterocycles. The van der Waals surface area contributed by atoms with Crippen LogP contribution >= 0.6 is 15.9 Å². The number of non-ortho nitro benzene ring substituents is 1. The van der Waals surface area contributed by atoms with Gasteiger partial charge in [-0.2, -0.15) is 5.10 Å². The Hall–Kier alpha value is -2.74. The van der Waals surface area contributed by atoms with E-state index in [9.17, 15) is 14.9 Å². The molecule has 118 valence electrons. The third kappa shape index (κ3) is 5.51. The van der Waals surface area contributed by atoms with Gasteiger partial charge in [0, 0.05) is 27.9 Å². The monoisotopic (exact) mass is 376 g/mol. The summed E-state index contributed by atoms with van der Waals surface area (Å²) in [5.41, 5.74) is 3.65. The van der Waals surface area contributed by atoms with Gasteiger partial charge in [-0.25, -0.2) is 5.43 Å². The lowest BCUT2D eigenvalue weighted by atomic mass is 10.2. The molecule has 23 heavy (non-hydrogen) atoms. The molecule has 2 aromatic carbocycles. The quantitative estimate of drug-likeness (QED) is 0.460. The van der Waals surface area contributed by atoms with Gasteiger partial charge in [0.25, 0.3) is 11.6 Å². The molecule has 0 fully saturated rings.